The Labute approximate surface area is 120 Å². The summed E-state index contributed by atoms with van der Waals surface area (Å²) in [5.41, 5.74) is 1.22. The van der Waals surface area contributed by atoms with Gasteiger partial charge in [0.25, 0.3) is 0 Å². The minimum Gasteiger partial charge on any atom is -0.359 e. The maximum Gasteiger partial charge on any atom is 0.193 e. The van der Waals surface area contributed by atoms with Gasteiger partial charge < -0.3 is 15.5 Å². The molecule has 20 heavy (non-hydrogen) atoms. The predicted molar refractivity (Wildman–Crippen MR) is 82.0 cm³/mol. The average Bonchev–Trinajstić information content (AvgIpc) is 2.50. The number of likely N-dealkylation sites (N-methyl/N-ethyl adjacent to an activating group) is 1. The largest absolute Gasteiger partial charge is 0.359 e. The SMILES string of the molecule is CCN1CCN(Cc2ccc(NC(=N)NC)nc2)CC1. The first-order valence-corrected chi connectivity index (χ1v) is 7.14. The smallest absolute Gasteiger partial charge is 0.193 e. The molecular weight excluding hydrogens is 252 g/mol. The van der Waals surface area contributed by atoms with E-state index in [0.29, 0.717) is 5.82 Å². The van der Waals surface area contributed by atoms with Crippen LogP contribution in [0.5, 0.6) is 0 Å². The van der Waals surface area contributed by atoms with Crippen LogP contribution in [0, 0.1) is 5.41 Å². The van der Waals surface area contributed by atoms with E-state index in [2.05, 4.69) is 38.4 Å². The molecule has 6 nitrogen and oxygen atoms in total. The molecule has 1 fully saturated rings. The van der Waals surface area contributed by atoms with Crippen LogP contribution >= 0.6 is 0 Å². The number of nitrogens with zero attached hydrogens (tertiary/aromatic N) is 3. The van der Waals surface area contributed by atoms with Gasteiger partial charge in [0.1, 0.15) is 5.82 Å². The molecule has 1 saturated heterocycles. The molecule has 0 amide bonds. The Kier molecular flexibility index (Phi) is 5.31. The van der Waals surface area contributed by atoms with Crippen LogP contribution in [0.25, 0.3) is 0 Å². The van der Waals surface area contributed by atoms with Crippen LogP contribution in [0.15, 0.2) is 18.3 Å². The zero-order chi connectivity index (χ0) is 14.4. The maximum atomic E-state index is 7.50. The van der Waals surface area contributed by atoms with Gasteiger partial charge in [-0.25, -0.2) is 4.98 Å². The Morgan fingerprint density at radius 2 is 1.95 bits per heavy atom. The van der Waals surface area contributed by atoms with Crippen molar-refractivity contribution in [1.29, 1.82) is 5.41 Å². The Bertz CT molecular complexity index is 422. The van der Waals surface area contributed by atoms with E-state index in [0.717, 1.165) is 39.3 Å². The summed E-state index contributed by atoms with van der Waals surface area (Å²) in [6.45, 7) is 8.87. The van der Waals surface area contributed by atoms with Crippen LogP contribution in [0.1, 0.15) is 12.5 Å². The van der Waals surface area contributed by atoms with E-state index in [1.54, 1.807) is 7.05 Å². The van der Waals surface area contributed by atoms with Crippen molar-refractivity contribution < 1.29 is 0 Å². The van der Waals surface area contributed by atoms with E-state index < -0.39 is 0 Å². The van der Waals surface area contributed by atoms with Gasteiger partial charge in [0.05, 0.1) is 0 Å². The van der Waals surface area contributed by atoms with Crippen LogP contribution in [-0.4, -0.2) is 60.5 Å². The van der Waals surface area contributed by atoms with Gasteiger partial charge in [0, 0.05) is 46.0 Å². The first kappa shape index (κ1) is 14.7. The summed E-state index contributed by atoms with van der Waals surface area (Å²) < 4.78 is 0. The number of piperazine rings is 1. The van der Waals surface area contributed by atoms with Gasteiger partial charge in [0.2, 0.25) is 0 Å². The highest BCUT2D eigenvalue weighted by Crippen LogP contribution is 2.10. The molecule has 2 rings (SSSR count). The van der Waals surface area contributed by atoms with Crippen LogP contribution in [0.4, 0.5) is 5.82 Å². The van der Waals surface area contributed by atoms with E-state index in [1.165, 1.54) is 5.56 Å². The zero-order valence-corrected chi connectivity index (χ0v) is 12.3. The third kappa shape index (κ3) is 4.18. The molecular formula is C14H24N6. The van der Waals surface area contributed by atoms with Crippen molar-refractivity contribution in [3.8, 4) is 0 Å². The lowest BCUT2D eigenvalue weighted by atomic mass is 10.2. The van der Waals surface area contributed by atoms with Gasteiger partial charge in [-0.05, 0) is 18.2 Å². The zero-order valence-electron chi connectivity index (χ0n) is 12.3. The Balaban J connectivity index is 1.83. The van der Waals surface area contributed by atoms with Crippen LogP contribution in [-0.2, 0) is 6.54 Å². The van der Waals surface area contributed by atoms with Crippen molar-refractivity contribution in [2.24, 2.45) is 0 Å². The van der Waals surface area contributed by atoms with Crippen LogP contribution in [0.3, 0.4) is 0 Å². The van der Waals surface area contributed by atoms with Crippen molar-refractivity contribution in [2.45, 2.75) is 13.5 Å². The molecule has 0 radical (unpaired) electrons. The van der Waals surface area contributed by atoms with E-state index in [4.69, 9.17) is 5.41 Å². The number of nitrogens with one attached hydrogen (secondary N) is 3. The number of hydrogen-bond acceptors (Lipinski definition) is 4. The molecule has 0 saturated carbocycles. The summed E-state index contributed by atoms with van der Waals surface area (Å²) in [4.78, 5) is 9.28. The molecule has 1 aromatic rings. The Morgan fingerprint density at radius 1 is 1.25 bits per heavy atom. The molecule has 3 N–H and O–H groups in total. The first-order chi connectivity index (χ1) is 9.71. The molecule has 1 aliphatic heterocycles. The molecule has 0 atom stereocenters. The second-order valence-corrected chi connectivity index (χ2v) is 5.01. The van der Waals surface area contributed by atoms with E-state index in [1.807, 2.05) is 12.3 Å². The van der Waals surface area contributed by atoms with Gasteiger partial charge in [-0.3, -0.25) is 10.3 Å². The predicted octanol–water partition coefficient (Wildman–Crippen LogP) is 0.785. The first-order valence-electron chi connectivity index (χ1n) is 7.14. The Morgan fingerprint density at radius 3 is 2.50 bits per heavy atom. The highest BCUT2D eigenvalue weighted by atomic mass is 15.3. The quantitative estimate of drug-likeness (QED) is 0.560. The molecule has 1 aromatic heterocycles. The lowest BCUT2D eigenvalue weighted by molar-refractivity contribution is 0.132. The summed E-state index contributed by atoms with van der Waals surface area (Å²) in [5, 5.41) is 13.1. The highest BCUT2D eigenvalue weighted by molar-refractivity contribution is 5.89. The van der Waals surface area contributed by atoms with Crippen LogP contribution in [0.2, 0.25) is 0 Å². The monoisotopic (exact) mass is 276 g/mol. The lowest BCUT2D eigenvalue weighted by Crippen LogP contribution is -2.45. The van der Waals surface area contributed by atoms with Gasteiger partial charge in [0.15, 0.2) is 5.96 Å². The van der Waals surface area contributed by atoms with E-state index >= 15 is 0 Å². The number of pyridine rings is 1. The van der Waals surface area contributed by atoms with E-state index in [-0.39, 0.29) is 5.96 Å². The van der Waals surface area contributed by atoms with Crippen LogP contribution < -0.4 is 10.6 Å². The minimum absolute atomic E-state index is 0.251. The van der Waals surface area contributed by atoms with Gasteiger partial charge in [-0.1, -0.05) is 13.0 Å². The fourth-order valence-electron chi connectivity index (χ4n) is 2.30. The minimum atomic E-state index is 0.251. The van der Waals surface area contributed by atoms with Gasteiger partial charge in [-0.2, -0.15) is 0 Å². The average molecular weight is 276 g/mol. The summed E-state index contributed by atoms with van der Waals surface area (Å²) in [6, 6.07) is 3.99. The molecule has 0 bridgehead atoms. The third-order valence-corrected chi connectivity index (χ3v) is 3.65. The summed E-state index contributed by atoms with van der Waals surface area (Å²) >= 11 is 0. The fraction of sp³-hybridized carbons (Fsp3) is 0.571. The number of rotatable bonds is 4. The van der Waals surface area contributed by atoms with Crippen molar-refractivity contribution in [1.82, 2.24) is 20.1 Å². The van der Waals surface area contributed by atoms with Crippen molar-refractivity contribution in [2.75, 3.05) is 45.1 Å². The molecule has 0 unspecified atom stereocenters. The number of aromatic nitrogens is 1. The van der Waals surface area contributed by atoms with Gasteiger partial charge >= 0.3 is 0 Å². The molecule has 2 heterocycles. The highest BCUT2D eigenvalue weighted by Gasteiger charge is 2.15. The summed E-state index contributed by atoms with van der Waals surface area (Å²) in [6.07, 6.45) is 1.89. The second-order valence-electron chi connectivity index (χ2n) is 5.01. The number of guanidine groups is 1. The van der Waals surface area contributed by atoms with Crippen molar-refractivity contribution in [3.63, 3.8) is 0 Å². The lowest BCUT2D eigenvalue weighted by Gasteiger charge is -2.33. The number of anilines is 1. The van der Waals surface area contributed by atoms with Crippen molar-refractivity contribution in [3.05, 3.63) is 23.9 Å². The molecule has 0 aromatic carbocycles. The molecule has 1 aliphatic rings. The topological polar surface area (TPSA) is 67.3 Å². The Hall–Kier alpha value is -1.66. The standard InChI is InChI=1S/C14H24N6/c1-3-19-6-8-20(9-7-19)11-12-4-5-13(17-10-12)18-14(15)16-2/h4-5,10H,3,6-9,11H2,1-2H3,(H3,15,16,17,18). The number of hydrogen-bond donors (Lipinski definition) is 3. The fourth-order valence-corrected chi connectivity index (χ4v) is 2.30. The molecule has 6 heteroatoms. The molecule has 0 spiro atoms. The third-order valence-electron chi connectivity index (χ3n) is 3.65. The maximum absolute atomic E-state index is 7.50. The van der Waals surface area contributed by atoms with Crippen molar-refractivity contribution >= 4 is 11.8 Å². The second kappa shape index (κ2) is 7.21. The van der Waals surface area contributed by atoms with E-state index in [9.17, 15) is 0 Å². The normalized spacial score (nSPS) is 16.9. The molecule has 110 valence electrons. The molecule has 0 aliphatic carbocycles. The summed E-state index contributed by atoms with van der Waals surface area (Å²) in [5.74, 6) is 0.949. The summed E-state index contributed by atoms with van der Waals surface area (Å²) in [7, 11) is 1.71. The van der Waals surface area contributed by atoms with Gasteiger partial charge in [-0.15, -0.1) is 0 Å².